The standard InChI is InChI=1S/C23H21ClN8O9S2/c1-9(21(37)38)41-30-13(12-16(24)43-23(25)28-12)18(35)27-14-19(36)32-15(22(39)40)11(7-42-20(14)32)6-31-4-2-10(3-5-31)17(34)29-26-8-33/h2-5,8-9,14,20H,6-7H2,1H3,(H6,25,27,28,34,35,37,38,39,40)/p+1/b30-13-/t9-,14+,20+/m0/s1. The fraction of sp³-hybridized carbons (Fsp3) is 0.261. The molecule has 2 aliphatic heterocycles. The number of β-lactam (4-membered cyclic amide) rings is 1. The molecule has 2 aromatic rings. The number of anilines is 1. The number of pyridine rings is 1. The molecule has 0 unspecified atom stereocenters. The molecular weight excluding hydrogens is 632 g/mol. The Hall–Kier alpha value is -4.75. The molecule has 0 aromatic carbocycles. The number of nitrogens with zero attached hydrogens (tertiary/aromatic N) is 4. The molecular formula is C23H22ClN8O9S2+. The highest BCUT2D eigenvalue weighted by atomic mass is 35.5. The predicted molar refractivity (Wildman–Crippen MR) is 149 cm³/mol. The number of halogens is 1. The summed E-state index contributed by atoms with van der Waals surface area (Å²) in [5, 5.41) is 24.4. The van der Waals surface area contributed by atoms with Crippen molar-refractivity contribution in [2.75, 3.05) is 11.5 Å². The van der Waals surface area contributed by atoms with E-state index >= 15 is 0 Å². The van der Waals surface area contributed by atoms with Crippen molar-refractivity contribution in [1.82, 2.24) is 26.1 Å². The van der Waals surface area contributed by atoms with Gasteiger partial charge >= 0.3 is 11.9 Å². The van der Waals surface area contributed by atoms with Crippen molar-refractivity contribution in [3.8, 4) is 0 Å². The van der Waals surface area contributed by atoms with Crippen LogP contribution < -0.4 is 26.5 Å². The number of aromatic nitrogens is 2. The van der Waals surface area contributed by atoms with Gasteiger partial charge < -0.3 is 26.1 Å². The highest BCUT2D eigenvalue weighted by Crippen LogP contribution is 2.40. The molecule has 4 heterocycles. The van der Waals surface area contributed by atoms with E-state index in [1.54, 1.807) is 4.57 Å². The minimum atomic E-state index is -1.43. The minimum absolute atomic E-state index is 0.00466. The van der Waals surface area contributed by atoms with E-state index in [-0.39, 0.29) is 38.7 Å². The Bertz CT molecular complexity index is 1560. The average Bonchev–Trinajstić information content (AvgIpc) is 3.31. The van der Waals surface area contributed by atoms with Crippen molar-refractivity contribution in [3.63, 3.8) is 0 Å². The highest BCUT2D eigenvalue weighted by molar-refractivity contribution is 8.00. The van der Waals surface area contributed by atoms with E-state index in [0.29, 0.717) is 12.0 Å². The third kappa shape index (κ3) is 6.68. The fourth-order valence-corrected chi connectivity index (χ4v) is 6.21. The Morgan fingerprint density at radius 2 is 2.02 bits per heavy atom. The van der Waals surface area contributed by atoms with Gasteiger partial charge in [0.05, 0.1) is 5.56 Å². The zero-order valence-electron chi connectivity index (χ0n) is 21.8. The summed E-state index contributed by atoms with van der Waals surface area (Å²) in [5.41, 5.74) is 9.55. The number of carboxylic acids is 2. The number of hydrazine groups is 1. The number of nitrogens with two attached hydrogens (primary N) is 1. The molecule has 4 amide bonds. The molecule has 2 aliphatic rings. The van der Waals surface area contributed by atoms with Crippen LogP contribution in [0.15, 0.2) is 41.0 Å². The fourth-order valence-electron chi connectivity index (χ4n) is 3.95. The molecule has 226 valence electrons. The van der Waals surface area contributed by atoms with Crippen LogP contribution in [0.2, 0.25) is 4.34 Å². The first-order valence-corrected chi connectivity index (χ1v) is 14.3. The van der Waals surface area contributed by atoms with Crippen LogP contribution in [0.3, 0.4) is 0 Å². The van der Waals surface area contributed by atoms with Gasteiger partial charge in [0.25, 0.3) is 17.7 Å². The van der Waals surface area contributed by atoms with E-state index in [2.05, 4.69) is 20.9 Å². The van der Waals surface area contributed by atoms with Gasteiger partial charge in [0.2, 0.25) is 12.5 Å². The number of carbonyl (C=O) groups is 6. The van der Waals surface area contributed by atoms with Crippen LogP contribution in [-0.2, 0) is 35.4 Å². The molecule has 2 aromatic heterocycles. The van der Waals surface area contributed by atoms with Crippen LogP contribution in [-0.4, -0.2) is 85.2 Å². The number of hydrogen-bond donors (Lipinski definition) is 6. The van der Waals surface area contributed by atoms with Crippen molar-refractivity contribution in [2.45, 2.75) is 31.0 Å². The number of oxime groups is 1. The van der Waals surface area contributed by atoms with Crippen molar-refractivity contribution in [1.29, 1.82) is 0 Å². The van der Waals surface area contributed by atoms with Crippen molar-refractivity contribution in [2.24, 2.45) is 5.16 Å². The van der Waals surface area contributed by atoms with Crippen LogP contribution >= 0.6 is 34.7 Å². The summed E-state index contributed by atoms with van der Waals surface area (Å²) in [5.74, 6) is -4.75. The zero-order chi connectivity index (χ0) is 31.4. The molecule has 0 aliphatic carbocycles. The van der Waals surface area contributed by atoms with Gasteiger partial charge in [-0.15, -0.1) is 11.8 Å². The lowest BCUT2D eigenvalue weighted by atomic mass is 10.0. The van der Waals surface area contributed by atoms with Gasteiger partial charge in [0, 0.05) is 23.5 Å². The third-order valence-electron chi connectivity index (χ3n) is 6.00. The first kappa shape index (κ1) is 31.2. The average molecular weight is 654 g/mol. The molecule has 0 bridgehead atoms. The van der Waals surface area contributed by atoms with Gasteiger partial charge in [-0.25, -0.2) is 19.1 Å². The molecule has 1 fully saturated rings. The Morgan fingerprint density at radius 1 is 1.33 bits per heavy atom. The predicted octanol–water partition coefficient (Wildman–Crippen LogP) is -1.31. The van der Waals surface area contributed by atoms with Crippen molar-refractivity contribution < 1.29 is 48.4 Å². The van der Waals surface area contributed by atoms with Crippen molar-refractivity contribution in [3.05, 3.63) is 51.4 Å². The first-order chi connectivity index (χ1) is 20.4. The van der Waals surface area contributed by atoms with Gasteiger partial charge in [0.15, 0.2) is 29.8 Å². The topological polar surface area (TPSA) is 247 Å². The number of thioether (sulfide) groups is 1. The van der Waals surface area contributed by atoms with E-state index in [1.807, 2.05) is 5.43 Å². The molecule has 20 heteroatoms. The number of thiazole rings is 1. The summed E-state index contributed by atoms with van der Waals surface area (Å²) in [7, 11) is 0. The highest BCUT2D eigenvalue weighted by Gasteiger charge is 2.55. The van der Waals surface area contributed by atoms with E-state index in [9.17, 15) is 33.9 Å². The zero-order valence-corrected chi connectivity index (χ0v) is 24.2. The van der Waals surface area contributed by atoms with Gasteiger partial charge in [-0.3, -0.25) is 34.9 Å². The summed E-state index contributed by atoms with van der Waals surface area (Å²) in [6.07, 6.45) is 1.94. The number of hydrogen-bond acceptors (Lipinski definition) is 12. The molecule has 7 N–H and O–H groups in total. The number of aliphatic carboxylic acids is 2. The summed E-state index contributed by atoms with van der Waals surface area (Å²) in [6.45, 7) is 1.26. The Balaban J connectivity index is 1.52. The lowest BCUT2D eigenvalue weighted by Crippen LogP contribution is -2.71. The van der Waals surface area contributed by atoms with Crippen LogP contribution in [0.25, 0.3) is 0 Å². The molecule has 0 radical (unpaired) electrons. The molecule has 4 rings (SSSR count). The Labute approximate surface area is 254 Å². The summed E-state index contributed by atoms with van der Waals surface area (Å²) in [6, 6.07) is 1.77. The van der Waals surface area contributed by atoms with Crippen LogP contribution in [0.4, 0.5) is 5.13 Å². The second-order valence-corrected chi connectivity index (χ2v) is 11.5. The van der Waals surface area contributed by atoms with Crippen LogP contribution in [0.5, 0.6) is 0 Å². The minimum Gasteiger partial charge on any atom is -0.478 e. The SMILES string of the molecule is C[C@H](O/N=C(\C(=O)N[C@@H]1C(=O)N2C(C(=O)O)=C(C[n+]3ccc(C(=O)NNC=O)cc3)CS[C@H]12)c1nc(N)sc1Cl)C(=O)O. The largest absolute Gasteiger partial charge is 0.478 e. The lowest BCUT2D eigenvalue weighted by molar-refractivity contribution is -0.689. The number of amides is 4. The van der Waals surface area contributed by atoms with Crippen LogP contribution in [0, 0.1) is 0 Å². The first-order valence-electron chi connectivity index (χ1n) is 12.0. The Kier molecular flexibility index (Phi) is 9.46. The van der Waals surface area contributed by atoms with Gasteiger partial charge in [-0.2, -0.15) is 0 Å². The third-order valence-corrected chi connectivity index (χ3v) is 8.42. The van der Waals surface area contributed by atoms with Crippen molar-refractivity contribution >= 4 is 81.6 Å². The number of rotatable bonds is 12. The number of carboxylic acid groups (broad SMARTS) is 2. The van der Waals surface area contributed by atoms with E-state index < -0.39 is 52.9 Å². The molecule has 3 atom stereocenters. The molecule has 0 saturated carbocycles. The quantitative estimate of drug-likeness (QED) is 0.0514. The smallest absolute Gasteiger partial charge is 0.352 e. The molecule has 1 saturated heterocycles. The monoisotopic (exact) mass is 653 g/mol. The maximum absolute atomic E-state index is 13.2. The number of carbonyl (C=O) groups excluding carboxylic acids is 4. The maximum Gasteiger partial charge on any atom is 0.352 e. The molecule has 43 heavy (non-hydrogen) atoms. The second-order valence-electron chi connectivity index (χ2n) is 8.79. The molecule has 17 nitrogen and oxygen atoms in total. The normalized spacial score (nSPS) is 18.6. The Morgan fingerprint density at radius 3 is 2.60 bits per heavy atom. The number of fused-ring (bicyclic) bond motifs is 1. The number of nitrogens with one attached hydrogen (secondary N) is 3. The number of nitrogen functional groups attached to an aromatic ring is 1. The van der Waals surface area contributed by atoms with Gasteiger partial charge in [0.1, 0.15) is 27.1 Å². The maximum atomic E-state index is 13.2. The lowest BCUT2D eigenvalue weighted by Gasteiger charge is -2.49. The summed E-state index contributed by atoms with van der Waals surface area (Å²) < 4.78 is 1.58. The molecule has 0 spiro atoms. The second kappa shape index (κ2) is 13.0. The van der Waals surface area contributed by atoms with Gasteiger partial charge in [-0.05, 0) is 6.92 Å². The summed E-state index contributed by atoms with van der Waals surface area (Å²) in [4.78, 5) is 81.9. The van der Waals surface area contributed by atoms with E-state index in [1.165, 1.54) is 43.2 Å². The summed E-state index contributed by atoms with van der Waals surface area (Å²) >= 11 is 8.17. The van der Waals surface area contributed by atoms with Crippen LogP contribution in [0.1, 0.15) is 23.0 Å². The van der Waals surface area contributed by atoms with Gasteiger partial charge in [-0.1, -0.05) is 28.1 Å². The van der Waals surface area contributed by atoms with E-state index in [0.717, 1.165) is 16.2 Å². The van der Waals surface area contributed by atoms with E-state index in [4.69, 9.17) is 27.3 Å².